The second-order valence-corrected chi connectivity index (χ2v) is 5.32. The van der Waals surface area contributed by atoms with Crippen molar-refractivity contribution in [3.05, 3.63) is 0 Å². The van der Waals surface area contributed by atoms with Gasteiger partial charge >= 0.3 is 5.97 Å². The van der Waals surface area contributed by atoms with Crippen molar-refractivity contribution in [3.8, 4) is 0 Å². The molecule has 0 aromatic heterocycles. The highest BCUT2D eigenvalue weighted by Gasteiger charge is 2.62. The van der Waals surface area contributed by atoms with Crippen LogP contribution in [-0.4, -0.2) is 11.6 Å². The summed E-state index contributed by atoms with van der Waals surface area (Å²) in [6.07, 6.45) is 7.72. The molecule has 4 atom stereocenters. The molecule has 0 aromatic rings. The van der Waals surface area contributed by atoms with E-state index in [0.717, 1.165) is 12.3 Å². The van der Waals surface area contributed by atoms with Gasteiger partial charge in [0.1, 0.15) is 5.60 Å². The van der Waals surface area contributed by atoms with E-state index >= 15 is 0 Å². The quantitative estimate of drug-likeness (QED) is 0.599. The topological polar surface area (TPSA) is 26.3 Å². The molecular formula is C12H18O2. The zero-order valence-electron chi connectivity index (χ0n) is 8.79. The molecule has 3 aliphatic carbocycles. The smallest absolute Gasteiger partial charge is 0.303 e. The zero-order valence-corrected chi connectivity index (χ0v) is 8.79. The Morgan fingerprint density at radius 2 is 2.21 bits per heavy atom. The van der Waals surface area contributed by atoms with Crippen molar-refractivity contribution in [1.82, 2.24) is 0 Å². The zero-order chi connectivity index (χ0) is 9.76. The molecule has 2 nitrogen and oxygen atoms in total. The molecule has 0 aromatic carbocycles. The van der Waals surface area contributed by atoms with Crippen LogP contribution >= 0.6 is 0 Å². The molecule has 2 bridgehead atoms. The first-order chi connectivity index (χ1) is 6.72. The SMILES string of the molecule is CC(=O)O[C@@]12CCC[C@@H]1[C@@H]1CC[C@H]2C1. The lowest BCUT2D eigenvalue weighted by molar-refractivity contribution is -0.167. The van der Waals surface area contributed by atoms with Crippen LogP contribution < -0.4 is 0 Å². The van der Waals surface area contributed by atoms with Gasteiger partial charge in [0, 0.05) is 12.8 Å². The summed E-state index contributed by atoms with van der Waals surface area (Å²) < 4.78 is 5.72. The van der Waals surface area contributed by atoms with E-state index in [9.17, 15) is 4.79 Å². The van der Waals surface area contributed by atoms with Gasteiger partial charge < -0.3 is 4.74 Å². The second kappa shape index (κ2) is 2.74. The Hall–Kier alpha value is -0.530. The van der Waals surface area contributed by atoms with Gasteiger partial charge in [0.25, 0.3) is 0 Å². The lowest BCUT2D eigenvalue weighted by Gasteiger charge is -2.38. The molecule has 3 saturated carbocycles. The maximum absolute atomic E-state index is 11.2. The first kappa shape index (κ1) is 8.75. The summed E-state index contributed by atoms with van der Waals surface area (Å²) in [5, 5.41) is 0. The number of hydrogen-bond donors (Lipinski definition) is 0. The van der Waals surface area contributed by atoms with Gasteiger partial charge in [-0.05, 0) is 50.4 Å². The molecule has 3 rings (SSSR count). The number of ether oxygens (including phenoxy) is 1. The van der Waals surface area contributed by atoms with Crippen molar-refractivity contribution in [2.24, 2.45) is 17.8 Å². The number of rotatable bonds is 1. The maximum Gasteiger partial charge on any atom is 0.303 e. The molecule has 0 unspecified atom stereocenters. The first-order valence-electron chi connectivity index (χ1n) is 5.92. The minimum Gasteiger partial charge on any atom is -0.459 e. The van der Waals surface area contributed by atoms with Gasteiger partial charge in [0.05, 0.1) is 0 Å². The Bertz CT molecular complexity index is 273. The van der Waals surface area contributed by atoms with Crippen LogP contribution in [0.25, 0.3) is 0 Å². The highest BCUT2D eigenvalue weighted by atomic mass is 16.6. The summed E-state index contributed by atoms with van der Waals surface area (Å²) in [5.74, 6) is 2.22. The van der Waals surface area contributed by atoms with Gasteiger partial charge in [-0.1, -0.05) is 0 Å². The standard InChI is InChI=1S/C12H18O2/c1-8(13)14-12-6-2-3-11(12)9-4-5-10(12)7-9/h9-11H,2-7H2,1H3/t9-,10+,11-,12-/m1/s1. The van der Waals surface area contributed by atoms with Crippen LogP contribution in [0.1, 0.15) is 45.4 Å². The average molecular weight is 194 g/mol. The predicted octanol–water partition coefficient (Wildman–Crippen LogP) is 2.52. The monoisotopic (exact) mass is 194 g/mol. The summed E-state index contributed by atoms with van der Waals surface area (Å²) in [7, 11) is 0. The number of carbonyl (C=O) groups excluding carboxylic acids is 1. The molecule has 0 amide bonds. The molecular weight excluding hydrogens is 176 g/mol. The van der Waals surface area contributed by atoms with Crippen LogP contribution in [0, 0.1) is 17.8 Å². The van der Waals surface area contributed by atoms with Crippen LogP contribution in [0.3, 0.4) is 0 Å². The summed E-state index contributed by atoms with van der Waals surface area (Å²) in [5.41, 5.74) is -0.00521. The van der Waals surface area contributed by atoms with Gasteiger partial charge in [-0.2, -0.15) is 0 Å². The van der Waals surface area contributed by atoms with Crippen molar-refractivity contribution in [2.75, 3.05) is 0 Å². The van der Waals surface area contributed by atoms with E-state index in [1.165, 1.54) is 32.1 Å². The van der Waals surface area contributed by atoms with E-state index in [0.29, 0.717) is 11.8 Å². The number of esters is 1. The molecule has 0 N–H and O–H groups in total. The fourth-order valence-corrected chi connectivity index (χ4v) is 4.47. The lowest BCUT2D eigenvalue weighted by atomic mass is 9.77. The fraction of sp³-hybridized carbons (Fsp3) is 0.917. The van der Waals surface area contributed by atoms with Crippen LogP contribution in [0.15, 0.2) is 0 Å². The van der Waals surface area contributed by atoms with Crippen LogP contribution in [0.5, 0.6) is 0 Å². The Morgan fingerprint density at radius 1 is 1.36 bits per heavy atom. The molecule has 0 saturated heterocycles. The molecule has 2 heteroatoms. The Balaban J connectivity index is 1.91. The maximum atomic E-state index is 11.2. The Kier molecular flexibility index (Phi) is 1.71. The van der Waals surface area contributed by atoms with Gasteiger partial charge in [0.2, 0.25) is 0 Å². The number of carbonyl (C=O) groups is 1. The molecule has 3 fully saturated rings. The predicted molar refractivity (Wildman–Crippen MR) is 52.7 cm³/mol. The molecule has 0 radical (unpaired) electrons. The molecule has 0 heterocycles. The van der Waals surface area contributed by atoms with Gasteiger partial charge in [-0.25, -0.2) is 0 Å². The third kappa shape index (κ3) is 0.945. The molecule has 0 aliphatic heterocycles. The average Bonchev–Trinajstić information content (AvgIpc) is 2.69. The van der Waals surface area contributed by atoms with E-state index in [1.54, 1.807) is 6.92 Å². The summed E-state index contributed by atoms with van der Waals surface area (Å²) in [4.78, 5) is 11.2. The first-order valence-corrected chi connectivity index (χ1v) is 5.92. The molecule has 14 heavy (non-hydrogen) atoms. The van der Waals surface area contributed by atoms with E-state index < -0.39 is 0 Å². The highest BCUT2D eigenvalue weighted by Crippen LogP contribution is 2.62. The van der Waals surface area contributed by atoms with Gasteiger partial charge in [-0.3, -0.25) is 4.79 Å². The van der Waals surface area contributed by atoms with E-state index in [4.69, 9.17) is 4.74 Å². The van der Waals surface area contributed by atoms with Crippen molar-refractivity contribution in [2.45, 2.75) is 51.0 Å². The molecule has 3 aliphatic rings. The fourth-order valence-electron chi connectivity index (χ4n) is 4.47. The Morgan fingerprint density at radius 3 is 3.00 bits per heavy atom. The van der Waals surface area contributed by atoms with Crippen molar-refractivity contribution < 1.29 is 9.53 Å². The van der Waals surface area contributed by atoms with Crippen LogP contribution in [-0.2, 0) is 9.53 Å². The molecule has 78 valence electrons. The number of fused-ring (bicyclic) bond motifs is 5. The van der Waals surface area contributed by atoms with Gasteiger partial charge in [-0.15, -0.1) is 0 Å². The molecule has 0 spiro atoms. The van der Waals surface area contributed by atoms with Gasteiger partial charge in [0.15, 0.2) is 0 Å². The summed E-state index contributed by atoms with van der Waals surface area (Å²) in [6.45, 7) is 1.57. The van der Waals surface area contributed by atoms with Crippen molar-refractivity contribution in [3.63, 3.8) is 0 Å². The summed E-state index contributed by atoms with van der Waals surface area (Å²) in [6, 6.07) is 0. The van der Waals surface area contributed by atoms with E-state index in [2.05, 4.69) is 0 Å². The van der Waals surface area contributed by atoms with Crippen molar-refractivity contribution in [1.29, 1.82) is 0 Å². The number of hydrogen-bond acceptors (Lipinski definition) is 2. The highest BCUT2D eigenvalue weighted by molar-refractivity contribution is 5.66. The third-order valence-electron chi connectivity index (χ3n) is 4.78. The Labute approximate surface area is 85.0 Å². The minimum atomic E-state index is -0.0653. The van der Waals surface area contributed by atoms with Crippen molar-refractivity contribution >= 4 is 5.97 Å². The largest absolute Gasteiger partial charge is 0.459 e. The van der Waals surface area contributed by atoms with Crippen LogP contribution in [0.2, 0.25) is 0 Å². The summed E-state index contributed by atoms with van der Waals surface area (Å²) >= 11 is 0. The van der Waals surface area contributed by atoms with Crippen LogP contribution in [0.4, 0.5) is 0 Å². The van der Waals surface area contributed by atoms with E-state index in [1.807, 2.05) is 0 Å². The second-order valence-electron chi connectivity index (χ2n) is 5.32. The minimum absolute atomic E-state index is 0.00521. The normalized spacial score (nSPS) is 49.4. The third-order valence-corrected chi connectivity index (χ3v) is 4.78. The van der Waals surface area contributed by atoms with E-state index in [-0.39, 0.29) is 11.6 Å². The lowest BCUT2D eigenvalue weighted by Crippen LogP contribution is -2.43.